The maximum absolute atomic E-state index is 12.7. The van der Waals surface area contributed by atoms with Crippen molar-refractivity contribution in [3.8, 4) is 17.0 Å². The average Bonchev–Trinajstić information content (AvgIpc) is 3.08. The van der Waals surface area contributed by atoms with Crippen molar-refractivity contribution >= 4 is 17.2 Å². The van der Waals surface area contributed by atoms with Crippen LogP contribution in [0.2, 0.25) is 0 Å². The Morgan fingerprint density at radius 2 is 2.04 bits per heavy atom. The first-order chi connectivity index (χ1) is 13.6. The number of carbonyl (C=O) groups excluding carboxylic acids is 1. The van der Waals surface area contributed by atoms with E-state index < -0.39 is 0 Å². The van der Waals surface area contributed by atoms with E-state index >= 15 is 0 Å². The van der Waals surface area contributed by atoms with Crippen LogP contribution in [0.15, 0.2) is 24.3 Å². The topological polar surface area (TPSA) is 63.7 Å². The second kappa shape index (κ2) is 10.0. The third-order valence-corrected chi connectivity index (χ3v) is 5.90. The molecule has 0 spiro atoms. The number of amides is 1. The lowest BCUT2D eigenvalue weighted by atomic mass is 10.1. The van der Waals surface area contributed by atoms with Gasteiger partial charge in [0.2, 0.25) is 5.91 Å². The number of hydrogen-bond acceptors (Lipinski definition) is 6. The van der Waals surface area contributed by atoms with Crippen LogP contribution in [0.25, 0.3) is 11.3 Å². The Labute approximate surface area is 170 Å². The fraction of sp³-hybridized carbons (Fsp3) is 0.524. The standard InChI is InChI=1S/C21H29N3O3S/c1-4-17(14-24-9-11-27-12-10-24)23-20(25)13-19-21(22-15(2)28-19)16-5-7-18(26-3)8-6-16/h5-8,17H,4,9-14H2,1-3H3,(H,23,25). The van der Waals surface area contributed by atoms with Crippen LogP contribution in [0.3, 0.4) is 0 Å². The molecule has 0 saturated carbocycles. The molecule has 0 aliphatic carbocycles. The molecule has 28 heavy (non-hydrogen) atoms. The maximum Gasteiger partial charge on any atom is 0.225 e. The van der Waals surface area contributed by atoms with Crippen LogP contribution < -0.4 is 10.1 Å². The van der Waals surface area contributed by atoms with Crippen molar-refractivity contribution in [1.29, 1.82) is 0 Å². The summed E-state index contributed by atoms with van der Waals surface area (Å²) in [5.74, 6) is 0.863. The number of nitrogens with one attached hydrogen (secondary N) is 1. The Morgan fingerprint density at radius 3 is 2.68 bits per heavy atom. The van der Waals surface area contributed by atoms with Gasteiger partial charge in [-0.1, -0.05) is 6.92 Å². The second-order valence-corrected chi connectivity index (χ2v) is 8.28. The van der Waals surface area contributed by atoms with Gasteiger partial charge in [-0.2, -0.15) is 0 Å². The van der Waals surface area contributed by atoms with E-state index in [4.69, 9.17) is 9.47 Å². The predicted molar refractivity (Wildman–Crippen MR) is 112 cm³/mol. The summed E-state index contributed by atoms with van der Waals surface area (Å²) >= 11 is 1.59. The summed E-state index contributed by atoms with van der Waals surface area (Å²) in [5, 5.41) is 4.17. The van der Waals surface area contributed by atoms with E-state index in [1.165, 1.54) is 0 Å². The molecule has 0 radical (unpaired) electrons. The van der Waals surface area contributed by atoms with Crippen molar-refractivity contribution in [2.24, 2.45) is 0 Å². The van der Waals surface area contributed by atoms with Crippen LogP contribution >= 0.6 is 11.3 Å². The molecule has 2 heterocycles. The summed E-state index contributed by atoms with van der Waals surface area (Å²) in [7, 11) is 1.65. The zero-order valence-corrected chi connectivity index (χ0v) is 17.7. The number of benzene rings is 1. The number of aryl methyl sites for hydroxylation is 1. The minimum absolute atomic E-state index is 0.0542. The highest BCUT2D eigenvalue weighted by atomic mass is 32.1. The molecule has 1 amide bonds. The normalized spacial score (nSPS) is 16.0. The Balaban J connectivity index is 1.64. The number of methoxy groups -OCH3 is 1. The van der Waals surface area contributed by atoms with Crippen molar-refractivity contribution in [3.05, 3.63) is 34.2 Å². The number of aromatic nitrogens is 1. The van der Waals surface area contributed by atoms with Crippen molar-refractivity contribution in [2.75, 3.05) is 40.0 Å². The Morgan fingerprint density at radius 1 is 1.32 bits per heavy atom. The molecule has 6 nitrogen and oxygen atoms in total. The van der Waals surface area contributed by atoms with E-state index in [1.54, 1.807) is 18.4 Å². The van der Waals surface area contributed by atoms with Crippen molar-refractivity contribution < 1.29 is 14.3 Å². The number of ether oxygens (including phenoxy) is 2. The first-order valence-corrected chi connectivity index (χ1v) is 10.6. The van der Waals surface area contributed by atoms with Gasteiger partial charge >= 0.3 is 0 Å². The third-order valence-electron chi connectivity index (χ3n) is 4.93. The Kier molecular flexibility index (Phi) is 7.42. The smallest absolute Gasteiger partial charge is 0.225 e. The molecule has 1 unspecified atom stereocenters. The number of carbonyl (C=O) groups is 1. The molecule has 7 heteroatoms. The lowest BCUT2D eigenvalue weighted by Gasteiger charge is -2.30. The van der Waals surface area contributed by atoms with Gasteiger partial charge in [0, 0.05) is 36.1 Å². The quantitative estimate of drug-likeness (QED) is 0.734. The van der Waals surface area contributed by atoms with Gasteiger partial charge in [0.25, 0.3) is 0 Å². The van der Waals surface area contributed by atoms with Gasteiger partial charge in [-0.05, 0) is 37.6 Å². The molecule has 1 fully saturated rings. The summed E-state index contributed by atoms with van der Waals surface area (Å²) < 4.78 is 10.6. The molecule has 1 aromatic heterocycles. The molecule has 3 rings (SSSR count). The van der Waals surface area contributed by atoms with Crippen LogP contribution in [0, 0.1) is 6.92 Å². The van der Waals surface area contributed by atoms with Crippen LogP contribution in [-0.2, 0) is 16.0 Å². The average molecular weight is 404 g/mol. The van der Waals surface area contributed by atoms with E-state index in [1.807, 2.05) is 31.2 Å². The lowest BCUT2D eigenvalue weighted by molar-refractivity contribution is -0.121. The second-order valence-electron chi connectivity index (χ2n) is 7.00. The predicted octanol–water partition coefficient (Wildman–Crippen LogP) is 2.90. The molecule has 152 valence electrons. The van der Waals surface area contributed by atoms with Crippen LogP contribution in [-0.4, -0.2) is 61.8 Å². The van der Waals surface area contributed by atoms with Gasteiger partial charge in [0.05, 0.1) is 37.4 Å². The van der Waals surface area contributed by atoms with Gasteiger partial charge in [-0.3, -0.25) is 9.69 Å². The first kappa shape index (κ1) is 20.8. The van der Waals surface area contributed by atoms with E-state index in [-0.39, 0.29) is 11.9 Å². The minimum Gasteiger partial charge on any atom is -0.497 e. The van der Waals surface area contributed by atoms with Crippen molar-refractivity contribution in [3.63, 3.8) is 0 Å². The van der Waals surface area contributed by atoms with E-state index in [2.05, 4.69) is 22.1 Å². The molecule has 1 saturated heterocycles. The number of thiazole rings is 1. The zero-order valence-electron chi connectivity index (χ0n) is 16.9. The van der Waals surface area contributed by atoms with Crippen LogP contribution in [0.5, 0.6) is 5.75 Å². The fourth-order valence-corrected chi connectivity index (χ4v) is 4.32. The number of morpholine rings is 1. The zero-order chi connectivity index (χ0) is 19.9. The summed E-state index contributed by atoms with van der Waals surface area (Å²) in [6, 6.07) is 7.97. The molecule has 0 bridgehead atoms. The summed E-state index contributed by atoms with van der Waals surface area (Å²) in [4.78, 5) is 20.7. The molecule has 1 atom stereocenters. The molecule has 1 aromatic carbocycles. The highest BCUT2D eigenvalue weighted by Crippen LogP contribution is 2.29. The highest BCUT2D eigenvalue weighted by molar-refractivity contribution is 7.12. The van der Waals surface area contributed by atoms with Crippen LogP contribution in [0.1, 0.15) is 23.2 Å². The maximum atomic E-state index is 12.7. The summed E-state index contributed by atoms with van der Waals surface area (Å²) in [6.07, 6.45) is 1.27. The van der Waals surface area contributed by atoms with E-state index in [0.717, 1.165) is 66.2 Å². The molecular formula is C21H29N3O3S. The summed E-state index contributed by atoms with van der Waals surface area (Å²) in [5.41, 5.74) is 1.90. The number of nitrogens with zero attached hydrogens (tertiary/aromatic N) is 2. The van der Waals surface area contributed by atoms with E-state index in [0.29, 0.717) is 6.42 Å². The SMILES string of the molecule is CCC(CN1CCOCC1)NC(=O)Cc1sc(C)nc1-c1ccc(OC)cc1. The van der Waals surface area contributed by atoms with Crippen molar-refractivity contribution in [2.45, 2.75) is 32.7 Å². The minimum atomic E-state index is 0.0542. The monoisotopic (exact) mass is 403 g/mol. The largest absolute Gasteiger partial charge is 0.497 e. The van der Waals surface area contributed by atoms with E-state index in [9.17, 15) is 4.79 Å². The first-order valence-electron chi connectivity index (χ1n) is 9.79. The van der Waals surface area contributed by atoms with Gasteiger partial charge in [0.15, 0.2) is 0 Å². The van der Waals surface area contributed by atoms with Gasteiger partial charge in [-0.25, -0.2) is 4.98 Å². The van der Waals surface area contributed by atoms with Crippen LogP contribution in [0.4, 0.5) is 0 Å². The van der Waals surface area contributed by atoms with Gasteiger partial charge < -0.3 is 14.8 Å². The molecule has 1 aliphatic heterocycles. The third kappa shape index (κ3) is 5.53. The molecule has 1 N–H and O–H groups in total. The number of hydrogen-bond donors (Lipinski definition) is 1. The molecular weight excluding hydrogens is 374 g/mol. The highest BCUT2D eigenvalue weighted by Gasteiger charge is 2.19. The summed E-state index contributed by atoms with van der Waals surface area (Å²) in [6.45, 7) is 8.38. The molecule has 2 aromatic rings. The van der Waals surface area contributed by atoms with Gasteiger partial charge in [-0.15, -0.1) is 11.3 Å². The Hall–Kier alpha value is -1.96. The Bertz CT molecular complexity index is 770. The molecule has 1 aliphatic rings. The number of rotatable bonds is 8. The van der Waals surface area contributed by atoms with Gasteiger partial charge in [0.1, 0.15) is 5.75 Å². The fourth-order valence-electron chi connectivity index (χ4n) is 3.36. The van der Waals surface area contributed by atoms with Crippen molar-refractivity contribution in [1.82, 2.24) is 15.2 Å². The lowest BCUT2D eigenvalue weighted by Crippen LogP contribution is -2.47.